The lowest BCUT2D eigenvalue weighted by Crippen LogP contribution is -2.45. The summed E-state index contributed by atoms with van der Waals surface area (Å²) in [7, 11) is 2.03. The molecular weight excluding hydrogens is 454 g/mol. The predicted octanol–water partition coefficient (Wildman–Crippen LogP) is 2.77. The molecule has 9 nitrogen and oxygen atoms in total. The van der Waals surface area contributed by atoms with Crippen molar-refractivity contribution in [3.05, 3.63) is 41.4 Å². The number of fused-ring (bicyclic) bond motifs is 2. The highest BCUT2D eigenvalue weighted by Gasteiger charge is 2.59. The molecule has 1 saturated heterocycles. The number of benzene rings is 1. The van der Waals surface area contributed by atoms with Gasteiger partial charge in [0.05, 0.1) is 24.2 Å². The Bertz CT molecular complexity index is 1390. The first-order valence-corrected chi connectivity index (χ1v) is 10.9. The van der Waals surface area contributed by atoms with E-state index in [9.17, 15) is 17.6 Å². The van der Waals surface area contributed by atoms with Crippen molar-refractivity contribution in [1.82, 2.24) is 34.4 Å². The van der Waals surface area contributed by atoms with Gasteiger partial charge in [-0.3, -0.25) is 0 Å². The SMILES string of the molecule is CN1CCN(c2nc(NCc3nc4c(F)c(F)ccc4[nH]3)n3ncc(C4CC4(F)F)c3n2)CC1. The van der Waals surface area contributed by atoms with Crippen LogP contribution in [0.25, 0.3) is 16.7 Å². The van der Waals surface area contributed by atoms with Gasteiger partial charge in [0, 0.05) is 38.2 Å². The maximum atomic E-state index is 14.0. The highest BCUT2D eigenvalue weighted by Crippen LogP contribution is 2.56. The molecule has 178 valence electrons. The summed E-state index contributed by atoms with van der Waals surface area (Å²) in [6, 6.07) is 2.44. The number of likely N-dealkylation sites (N-methyl/N-ethyl adjacent to an activating group) is 1. The quantitative estimate of drug-likeness (QED) is 0.429. The van der Waals surface area contributed by atoms with Crippen LogP contribution in [-0.4, -0.2) is 73.6 Å². The zero-order valence-corrected chi connectivity index (χ0v) is 18.2. The highest BCUT2D eigenvalue weighted by molar-refractivity contribution is 5.75. The Morgan fingerprint density at radius 1 is 1.12 bits per heavy atom. The number of imidazole rings is 1. The Morgan fingerprint density at radius 2 is 1.88 bits per heavy atom. The molecule has 1 aliphatic carbocycles. The Hall–Kier alpha value is -3.48. The van der Waals surface area contributed by atoms with Gasteiger partial charge in [-0.05, 0) is 19.2 Å². The van der Waals surface area contributed by atoms with Crippen LogP contribution in [0.3, 0.4) is 0 Å². The number of aromatic nitrogens is 6. The van der Waals surface area contributed by atoms with Gasteiger partial charge in [0.2, 0.25) is 11.9 Å². The smallest absolute Gasteiger partial charge is 0.256 e. The van der Waals surface area contributed by atoms with Crippen molar-refractivity contribution in [2.24, 2.45) is 0 Å². The van der Waals surface area contributed by atoms with Gasteiger partial charge in [-0.15, -0.1) is 0 Å². The molecule has 4 heterocycles. The van der Waals surface area contributed by atoms with Gasteiger partial charge < -0.3 is 20.1 Å². The van der Waals surface area contributed by atoms with Gasteiger partial charge in [0.1, 0.15) is 11.3 Å². The summed E-state index contributed by atoms with van der Waals surface area (Å²) in [6.45, 7) is 3.14. The van der Waals surface area contributed by atoms with Crippen LogP contribution in [0.2, 0.25) is 0 Å². The number of halogens is 4. The fourth-order valence-electron chi connectivity index (χ4n) is 4.26. The number of piperazine rings is 1. The van der Waals surface area contributed by atoms with Crippen molar-refractivity contribution in [3.63, 3.8) is 0 Å². The Balaban J connectivity index is 1.35. The molecule has 0 amide bonds. The number of aromatic amines is 1. The van der Waals surface area contributed by atoms with E-state index in [-0.39, 0.29) is 18.5 Å². The normalized spacial score (nSPS) is 20.4. The van der Waals surface area contributed by atoms with Crippen molar-refractivity contribution < 1.29 is 17.6 Å². The monoisotopic (exact) mass is 475 g/mol. The molecular formula is C21H21F4N9. The lowest BCUT2D eigenvalue weighted by Gasteiger charge is -2.32. The number of anilines is 2. The third-order valence-electron chi connectivity index (χ3n) is 6.38. The largest absolute Gasteiger partial charge is 0.347 e. The molecule has 2 fully saturated rings. The van der Waals surface area contributed by atoms with Gasteiger partial charge in [-0.2, -0.15) is 19.6 Å². The first-order chi connectivity index (χ1) is 16.3. The molecule has 1 aliphatic heterocycles. The molecule has 3 aromatic heterocycles. The predicted molar refractivity (Wildman–Crippen MR) is 116 cm³/mol. The molecule has 2 N–H and O–H groups in total. The molecule has 1 atom stereocenters. The number of alkyl halides is 2. The van der Waals surface area contributed by atoms with E-state index in [0.717, 1.165) is 19.2 Å². The first-order valence-electron chi connectivity index (χ1n) is 10.9. The summed E-state index contributed by atoms with van der Waals surface area (Å²) in [5, 5.41) is 7.35. The van der Waals surface area contributed by atoms with Gasteiger partial charge in [0.25, 0.3) is 5.92 Å². The summed E-state index contributed by atoms with van der Waals surface area (Å²) < 4.78 is 56.6. The minimum absolute atomic E-state index is 0.0960. The van der Waals surface area contributed by atoms with E-state index in [1.165, 1.54) is 16.8 Å². The first kappa shape index (κ1) is 21.1. The van der Waals surface area contributed by atoms with E-state index in [1.54, 1.807) is 0 Å². The van der Waals surface area contributed by atoms with E-state index in [2.05, 4.69) is 35.3 Å². The van der Waals surface area contributed by atoms with Gasteiger partial charge in [-0.1, -0.05) is 0 Å². The average molecular weight is 475 g/mol. The summed E-state index contributed by atoms with van der Waals surface area (Å²) in [5.74, 6) is -4.61. The van der Waals surface area contributed by atoms with E-state index < -0.39 is 23.5 Å². The maximum absolute atomic E-state index is 14.0. The second-order valence-electron chi connectivity index (χ2n) is 8.79. The van der Waals surface area contributed by atoms with E-state index in [4.69, 9.17) is 0 Å². The van der Waals surface area contributed by atoms with Crippen molar-refractivity contribution in [1.29, 1.82) is 0 Å². The van der Waals surface area contributed by atoms with E-state index in [0.29, 0.717) is 47.5 Å². The van der Waals surface area contributed by atoms with Gasteiger partial charge in [0.15, 0.2) is 17.3 Å². The Labute approximate surface area is 190 Å². The zero-order valence-electron chi connectivity index (χ0n) is 18.2. The minimum atomic E-state index is -2.76. The Kier molecular flexibility index (Phi) is 4.66. The maximum Gasteiger partial charge on any atom is 0.256 e. The summed E-state index contributed by atoms with van der Waals surface area (Å²) in [6.07, 6.45) is 1.18. The lowest BCUT2D eigenvalue weighted by atomic mass is 10.2. The van der Waals surface area contributed by atoms with Crippen LogP contribution in [0.1, 0.15) is 23.7 Å². The third-order valence-corrected chi connectivity index (χ3v) is 6.38. The topological polar surface area (TPSA) is 90.3 Å². The van der Waals surface area contributed by atoms with Crippen LogP contribution in [0, 0.1) is 11.6 Å². The number of nitrogens with one attached hydrogen (secondary N) is 2. The van der Waals surface area contributed by atoms with Crippen LogP contribution in [0.15, 0.2) is 18.3 Å². The highest BCUT2D eigenvalue weighted by atomic mass is 19.3. The molecule has 6 rings (SSSR count). The molecule has 1 saturated carbocycles. The minimum Gasteiger partial charge on any atom is -0.347 e. The van der Waals surface area contributed by atoms with Crippen molar-refractivity contribution >= 4 is 28.6 Å². The molecule has 0 bridgehead atoms. The molecule has 0 spiro atoms. The van der Waals surface area contributed by atoms with Gasteiger partial charge >= 0.3 is 0 Å². The van der Waals surface area contributed by atoms with Crippen LogP contribution in [0.4, 0.5) is 29.5 Å². The third kappa shape index (κ3) is 3.50. The number of hydrogen-bond acceptors (Lipinski definition) is 7. The van der Waals surface area contributed by atoms with Crippen LogP contribution < -0.4 is 10.2 Å². The molecule has 2 aliphatic rings. The van der Waals surface area contributed by atoms with Crippen molar-refractivity contribution in [2.45, 2.75) is 24.8 Å². The lowest BCUT2D eigenvalue weighted by molar-refractivity contribution is 0.112. The molecule has 1 aromatic carbocycles. The standard InChI is InChI=1S/C21H21F4N9/c1-32-4-6-33(7-5-32)20-30-18-11(12-8-21(12,24)25)9-27-34(18)19(31-20)26-10-15-28-14-3-2-13(22)16(23)17(14)29-15/h2-3,9,12H,4-8,10H2,1H3,(H,28,29)(H,26,30,31). The summed E-state index contributed by atoms with van der Waals surface area (Å²) in [4.78, 5) is 20.5. The number of rotatable bonds is 5. The molecule has 13 heteroatoms. The second-order valence-corrected chi connectivity index (χ2v) is 8.79. The van der Waals surface area contributed by atoms with E-state index >= 15 is 0 Å². The van der Waals surface area contributed by atoms with Crippen LogP contribution in [0.5, 0.6) is 0 Å². The number of hydrogen-bond donors (Lipinski definition) is 2. The average Bonchev–Trinajstić information content (AvgIpc) is 3.16. The van der Waals surface area contributed by atoms with Crippen molar-refractivity contribution in [2.75, 3.05) is 43.4 Å². The second kappa shape index (κ2) is 7.52. The van der Waals surface area contributed by atoms with Gasteiger partial charge in [-0.25, -0.2) is 22.5 Å². The van der Waals surface area contributed by atoms with Crippen LogP contribution >= 0.6 is 0 Å². The fraction of sp³-hybridized carbons (Fsp3) is 0.429. The summed E-state index contributed by atoms with van der Waals surface area (Å²) >= 11 is 0. The van der Waals surface area contributed by atoms with Crippen molar-refractivity contribution in [3.8, 4) is 0 Å². The summed E-state index contributed by atoms with van der Waals surface area (Å²) in [5.41, 5.74) is 0.970. The number of H-pyrrole nitrogens is 1. The molecule has 1 unspecified atom stereocenters. The Morgan fingerprint density at radius 3 is 2.62 bits per heavy atom. The molecule has 4 aromatic rings. The van der Waals surface area contributed by atoms with Crippen LogP contribution in [-0.2, 0) is 6.54 Å². The zero-order chi connectivity index (χ0) is 23.6. The molecule has 0 radical (unpaired) electrons. The van der Waals surface area contributed by atoms with E-state index in [1.807, 2.05) is 11.9 Å². The fourth-order valence-corrected chi connectivity index (χ4v) is 4.26. The number of nitrogens with zero attached hydrogens (tertiary/aromatic N) is 7. The molecule has 34 heavy (non-hydrogen) atoms.